The van der Waals surface area contributed by atoms with Gasteiger partial charge in [-0.05, 0) is 28.1 Å². The van der Waals surface area contributed by atoms with Gasteiger partial charge in [-0.2, -0.15) is 0 Å². The van der Waals surface area contributed by atoms with Gasteiger partial charge in [0.25, 0.3) is 0 Å². The minimum absolute atomic E-state index is 0.483. The molecule has 0 saturated heterocycles. The summed E-state index contributed by atoms with van der Waals surface area (Å²) in [6, 6.07) is 3.78. The van der Waals surface area contributed by atoms with Crippen molar-refractivity contribution in [3.63, 3.8) is 0 Å². The topological polar surface area (TPSA) is 37.8 Å². The first-order valence-electron chi connectivity index (χ1n) is 4.39. The molecule has 0 aliphatic rings. The highest BCUT2D eigenvalue weighted by atomic mass is 79.9. The molecule has 0 saturated carbocycles. The molecular weight excluding hydrogens is 254 g/mol. The molecule has 0 radical (unpaired) electrons. The van der Waals surface area contributed by atoms with Crippen LogP contribution in [0.25, 0.3) is 11.0 Å². The fourth-order valence-electron chi connectivity index (χ4n) is 1.29. The summed E-state index contributed by atoms with van der Waals surface area (Å²) >= 11 is 3.35. The predicted octanol–water partition coefficient (Wildman–Crippen LogP) is 2.44. The summed E-state index contributed by atoms with van der Waals surface area (Å²) in [4.78, 5) is 8.52. The Hall–Kier alpha value is -1.60. The number of halogens is 1. The van der Waals surface area contributed by atoms with Crippen molar-refractivity contribution in [2.75, 3.05) is 11.9 Å². The minimum atomic E-state index is 0.483. The van der Waals surface area contributed by atoms with Gasteiger partial charge in [0.15, 0.2) is 0 Å². The van der Waals surface area contributed by atoms with Crippen molar-refractivity contribution in [3.05, 3.63) is 29.0 Å². The minimum Gasteiger partial charge on any atom is -0.372 e. The highest BCUT2D eigenvalue weighted by Crippen LogP contribution is 2.21. The Morgan fingerprint density at radius 2 is 2.33 bits per heavy atom. The molecule has 0 amide bonds. The Kier molecular flexibility index (Phi) is 2.84. The van der Waals surface area contributed by atoms with Crippen molar-refractivity contribution < 1.29 is 0 Å². The fraction of sp³-hybridized carbons (Fsp3) is 0.0909. The molecule has 2 rings (SSSR count). The number of pyridine rings is 2. The molecule has 0 aromatic carbocycles. The number of nitrogens with zero attached hydrogens (tertiary/aromatic N) is 2. The lowest BCUT2D eigenvalue weighted by atomic mass is 10.3. The first-order valence-corrected chi connectivity index (χ1v) is 5.18. The molecular formula is C11H8BrN3. The van der Waals surface area contributed by atoms with Crippen molar-refractivity contribution in [1.29, 1.82) is 0 Å². The lowest BCUT2D eigenvalue weighted by Crippen LogP contribution is -2.00. The normalized spacial score (nSPS) is 9.87. The third-order valence-corrected chi connectivity index (χ3v) is 2.36. The maximum absolute atomic E-state index is 5.19. The molecule has 0 fully saturated rings. The van der Waals surface area contributed by atoms with Crippen LogP contribution in [0.4, 0.5) is 5.69 Å². The fourth-order valence-corrected chi connectivity index (χ4v) is 1.61. The summed E-state index contributed by atoms with van der Waals surface area (Å²) in [5.41, 5.74) is 2.58. The molecule has 0 spiro atoms. The lowest BCUT2D eigenvalue weighted by Gasteiger charge is -2.05. The van der Waals surface area contributed by atoms with Gasteiger partial charge in [0.05, 0.1) is 17.7 Å². The summed E-state index contributed by atoms with van der Waals surface area (Å²) in [5, 5.41) is 3.10. The highest BCUT2D eigenvalue weighted by molar-refractivity contribution is 9.10. The average Bonchev–Trinajstić information content (AvgIpc) is 2.25. The van der Waals surface area contributed by atoms with E-state index in [1.165, 1.54) is 0 Å². The predicted molar refractivity (Wildman–Crippen MR) is 64.6 cm³/mol. The van der Waals surface area contributed by atoms with E-state index in [-0.39, 0.29) is 0 Å². The van der Waals surface area contributed by atoms with Crippen molar-refractivity contribution in [2.24, 2.45) is 0 Å². The van der Waals surface area contributed by atoms with Crippen molar-refractivity contribution in [1.82, 2.24) is 9.97 Å². The SMILES string of the molecule is C#CCNc1ccnc2cc(Br)cnc12. The number of nitrogens with one attached hydrogen (secondary N) is 1. The van der Waals surface area contributed by atoms with Crippen LogP contribution in [0.3, 0.4) is 0 Å². The molecule has 0 bridgehead atoms. The summed E-state index contributed by atoms with van der Waals surface area (Å²) in [7, 11) is 0. The zero-order valence-electron chi connectivity index (χ0n) is 7.87. The summed E-state index contributed by atoms with van der Waals surface area (Å²) in [5.74, 6) is 2.52. The van der Waals surface area contributed by atoms with Gasteiger partial charge >= 0.3 is 0 Å². The van der Waals surface area contributed by atoms with E-state index in [1.54, 1.807) is 12.4 Å². The average molecular weight is 262 g/mol. The van der Waals surface area contributed by atoms with Crippen molar-refractivity contribution in [2.45, 2.75) is 0 Å². The molecule has 3 nitrogen and oxygen atoms in total. The molecule has 74 valence electrons. The van der Waals surface area contributed by atoms with Crippen LogP contribution in [-0.4, -0.2) is 16.5 Å². The van der Waals surface area contributed by atoms with Gasteiger partial charge in [-0.25, -0.2) is 0 Å². The second-order valence-electron chi connectivity index (χ2n) is 2.94. The first-order chi connectivity index (χ1) is 7.31. The largest absolute Gasteiger partial charge is 0.372 e. The molecule has 2 aromatic rings. The van der Waals surface area contributed by atoms with E-state index in [1.807, 2.05) is 12.1 Å². The number of rotatable bonds is 2. The maximum Gasteiger partial charge on any atom is 0.112 e. The Morgan fingerprint density at radius 3 is 3.13 bits per heavy atom. The lowest BCUT2D eigenvalue weighted by molar-refractivity contribution is 1.29. The van der Waals surface area contributed by atoms with Crippen molar-refractivity contribution >= 4 is 32.7 Å². The maximum atomic E-state index is 5.19. The van der Waals surface area contributed by atoms with Crippen LogP contribution < -0.4 is 5.32 Å². The molecule has 15 heavy (non-hydrogen) atoms. The molecule has 2 aromatic heterocycles. The highest BCUT2D eigenvalue weighted by Gasteiger charge is 2.02. The van der Waals surface area contributed by atoms with Crippen LogP contribution in [0, 0.1) is 12.3 Å². The molecule has 0 atom stereocenters. The molecule has 0 aliphatic heterocycles. The molecule has 1 N–H and O–H groups in total. The summed E-state index contributed by atoms with van der Waals surface area (Å²) in [6.07, 6.45) is 8.66. The van der Waals surface area contributed by atoms with E-state index in [2.05, 4.69) is 37.1 Å². The van der Waals surface area contributed by atoms with E-state index in [4.69, 9.17) is 6.42 Å². The van der Waals surface area contributed by atoms with Crippen LogP contribution in [0.5, 0.6) is 0 Å². The number of hydrogen-bond donors (Lipinski definition) is 1. The van der Waals surface area contributed by atoms with Crippen LogP contribution in [0.1, 0.15) is 0 Å². The number of anilines is 1. The van der Waals surface area contributed by atoms with E-state index >= 15 is 0 Å². The first kappa shape index (κ1) is 9.94. The van der Waals surface area contributed by atoms with Crippen LogP contribution in [0.15, 0.2) is 29.0 Å². The van der Waals surface area contributed by atoms with Gasteiger partial charge in [-0.3, -0.25) is 9.97 Å². The monoisotopic (exact) mass is 261 g/mol. The third kappa shape index (κ3) is 2.08. The number of hydrogen-bond acceptors (Lipinski definition) is 3. The second kappa shape index (κ2) is 4.28. The molecule has 4 heteroatoms. The zero-order valence-corrected chi connectivity index (χ0v) is 9.45. The third-order valence-electron chi connectivity index (χ3n) is 1.93. The summed E-state index contributed by atoms with van der Waals surface area (Å²) in [6.45, 7) is 0.483. The van der Waals surface area contributed by atoms with Crippen LogP contribution in [0.2, 0.25) is 0 Å². The Bertz CT molecular complexity index is 531. The Labute approximate surface area is 96.1 Å². The quantitative estimate of drug-likeness (QED) is 0.845. The van der Waals surface area contributed by atoms with E-state index in [9.17, 15) is 0 Å². The van der Waals surface area contributed by atoms with Gasteiger partial charge in [0.2, 0.25) is 0 Å². The van der Waals surface area contributed by atoms with Crippen LogP contribution >= 0.6 is 15.9 Å². The van der Waals surface area contributed by atoms with Gasteiger partial charge in [0.1, 0.15) is 5.52 Å². The summed E-state index contributed by atoms with van der Waals surface area (Å²) < 4.78 is 0.914. The van der Waals surface area contributed by atoms with Crippen molar-refractivity contribution in [3.8, 4) is 12.3 Å². The van der Waals surface area contributed by atoms with E-state index in [0.29, 0.717) is 6.54 Å². The zero-order chi connectivity index (χ0) is 10.7. The number of aromatic nitrogens is 2. The van der Waals surface area contributed by atoms with Crippen LogP contribution in [-0.2, 0) is 0 Å². The number of terminal acetylenes is 1. The molecule has 2 heterocycles. The van der Waals surface area contributed by atoms with Gasteiger partial charge in [-0.1, -0.05) is 5.92 Å². The van der Waals surface area contributed by atoms with Gasteiger partial charge in [-0.15, -0.1) is 6.42 Å². The van der Waals surface area contributed by atoms with Gasteiger partial charge in [0, 0.05) is 16.9 Å². The Balaban J connectivity index is 2.52. The standard InChI is InChI=1S/C11H8BrN3/c1-2-4-13-9-3-5-14-10-6-8(12)7-15-11(9)10/h1,3,5-7H,4H2,(H,13,14). The molecule has 0 aliphatic carbocycles. The van der Waals surface area contributed by atoms with Gasteiger partial charge < -0.3 is 5.32 Å². The Morgan fingerprint density at radius 1 is 1.47 bits per heavy atom. The second-order valence-corrected chi connectivity index (χ2v) is 3.85. The molecule has 0 unspecified atom stereocenters. The smallest absolute Gasteiger partial charge is 0.112 e. The number of fused-ring (bicyclic) bond motifs is 1. The van der Waals surface area contributed by atoms with E-state index in [0.717, 1.165) is 21.2 Å². The van der Waals surface area contributed by atoms with E-state index < -0.39 is 0 Å².